The number of esters is 2. The molecular weight excluding hydrogens is 572 g/mol. The van der Waals surface area contributed by atoms with Gasteiger partial charge in [-0.3, -0.25) is 62.8 Å². The third-order valence-electron chi connectivity index (χ3n) is 1.58. The maximum atomic E-state index is 9.94. The highest BCUT2D eigenvalue weighted by molar-refractivity contribution is 5.72. The van der Waals surface area contributed by atoms with Crippen LogP contribution in [0.25, 0.3) is 0 Å². The number of carbonyl (C=O) groups excluding carboxylic acids is 5. The zero-order chi connectivity index (χ0) is 33.7. The fourth-order valence-electron chi connectivity index (χ4n) is 0.176. The first-order valence-electron chi connectivity index (χ1n) is 10.2. The van der Waals surface area contributed by atoms with Gasteiger partial charge in [-0.05, 0) is 7.05 Å². The molecule has 0 aliphatic rings. The monoisotopic (exact) mass is 651 g/mol. The van der Waals surface area contributed by atoms with Crippen LogP contribution in [0, 0.1) is 0 Å². The van der Waals surface area contributed by atoms with E-state index in [0.717, 1.165) is 19.2 Å². The fraction of sp³-hybridized carbons (Fsp3) is 0.792. The Labute approximate surface area is 264 Å². The molecule has 0 spiro atoms. The molecule has 16 N–H and O–H groups in total. The van der Waals surface area contributed by atoms with Crippen LogP contribution in [-0.4, -0.2) is 94.5 Å². The molecule has 19 heteroatoms. The van der Waals surface area contributed by atoms with Crippen LogP contribution >= 0.6 is 0 Å². The van der Waals surface area contributed by atoms with E-state index in [2.05, 4.69) is 49.1 Å². The molecule has 0 aromatic rings. The lowest BCUT2D eigenvalue weighted by molar-refractivity contribution is -0.138. The van der Waals surface area contributed by atoms with Crippen LogP contribution in [0.3, 0.4) is 0 Å². The van der Waals surface area contributed by atoms with Crippen LogP contribution < -0.4 is 50.9 Å². The molecule has 0 unspecified atom stereocenters. The van der Waals surface area contributed by atoms with E-state index in [9.17, 15) is 24.0 Å². The summed E-state index contributed by atoms with van der Waals surface area (Å²) in [4.78, 5) is 48.6. The molecule has 0 aliphatic heterocycles. The highest BCUT2D eigenvalue weighted by Crippen LogP contribution is 1.64. The Bertz CT molecular complexity index is 419. The van der Waals surface area contributed by atoms with Crippen molar-refractivity contribution in [1.29, 1.82) is 0 Å². The van der Waals surface area contributed by atoms with Gasteiger partial charge in [0.1, 0.15) is 0 Å². The van der Waals surface area contributed by atoms with E-state index in [1.807, 2.05) is 19.3 Å². The van der Waals surface area contributed by atoms with Crippen LogP contribution in [-0.2, 0) is 33.4 Å². The second-order valence-corrected chi connectivity index (χ2v) is 4.44. The predicted octanol–water partition coefficient (Wildman–Crippen LogP) is -0.728. The second-order valence-electron chi connectivity index (χ2n) is 4.44. The number of nitrogens with two attached hydrogens (primary N) is 5. The van der Waals surface area contributed by atoms with Crippen molar-refractivity contribution in [1.82, 2.24) is 26.7 Å². The number of ether oxygens (including phenoxy) is 2. The first-order valence-corrected chi connectivity index (χ1v) is 10.2. The normalized spacial score (nSPS) is 5.51. The summed E-state index contributed by atoms with van der Waals surface area (Å²) >= 11 is 0. The molecule has 0 saturated carbocycles. The fourth-order valence-corrected chi connectivity index (χ4v) is 0.176. The summed E-state index contributed by atoms with van der Waals surface area (Å²) in [6, 6.07) is 0. The van der Waals surface area contributed by atoms with Gasteiger partial charge in [0.25, 0.3) is 0 Å². The van der Waals surface area contributed by atoms with Gasteiger partial charge < -0.3 is 19.7 Å². The number of methoxy groups -OCH3 is 2. The number of carbonyl (C=O) groups is 5. The first kappa shape index (κ1) is 97.3. The number of aliphatic hydroxyl groups is 2. The van der Waals surface area contributed by atoms with E-state index in [1.165, 1.54) is 55.9 Å². The number of nitrogens with one attached hydrogen (secondary N) is 4. The summed E-state index contributed by atoms with van der Waals surface area (Å²) in [7, 11) is 9.49. The third kappa shape index (κ3) is 535. The average Bonchev–Trinajstić information content (AvgIpc) is 2.90. The van der Waals surface area contributed by atoms with Gasteiger partial charge in [-0.25, -0.2) is 17.1 Å². The standard InChI is InChI=1S/2C3H8N2O.2C3H6O2.C2H6N2O.C2H6.CH6N2.2CH4O.5CH4.H4N2/c1-3(6)5(2)4;1-3(6)5-4-2;2*1-3(4)5-2;1-2(5)4-3;1-2;1-3-2;2*1-2;;;;;;1-2/h4H2,1-2H3;4H,1-2H3,(H,5,6);2*1-2H3;3H2,1H3,(H,4,5);1-2H3;3H,2H2,1H3;2*2H,1H3;5*1H4;1-2H2. The van der Waals surface area contributed by atoms with Gasteiger partial charge in [0.2, 0.25) is 17.7 Å². The van der Waals surface area contributed by atoms with Crippen molar-refractivity contribution in [2.75, 3.05) is 49.6 Å². The topological polar surface area (TPSA) is 326 Å². The summed E-state index contributed by atoms with van der Waals surface area (Å²) in [6.45, 7) is 10.9. The SMILES string of the molecule is C.C.C.C.C.CC.CC(=O)N(C)N.CC(=O)NN.CNN.CNNC(C)=O.CO.CO.COC(C)=O.COC(C)=O.NN. The van der Waals surface area contributed by atoms with Gasteiger partial charge in [-0.2, -0.15) is 0 Å². The molecule has 0 rings (SSSR count). The predicted molar refractivity (Wildman–Crippen MR) is 182 cm³/mol. The lowest BCUT2D eigenvalue weighted by atomic mass is 10.7. The van der Waals surface area contributed by atoms with E-state index in [1.54, 1.807) is 14.1 Å². The van der Waals surface area contributed by atoms with E-state index < -0.39 is 0 Å². The van der Waals surface area contributed by atoms with Crippen LogP contribution in [0.2, 0.25) is 0 Å². The number of hydrazine groups is 5. The summed E-state index contributed by atoms with van der Waals surface area (Å²) in [6.07, 6.45) is 0. The Morgan fingerprint density at radius 1 is 0.651 bits per heavy atom. The van der Waals surface area contributed by atoms with Gasteiger partial charge in [0, 0.05) is 62.9 Å². The zero-order valence-electron chi connectivity index (χ0n) is 25.6. The average molecular weight is 651 g/mol. The first-order chi connectivity index (χ1) is 17.6. The second kappa shape index (κ2) is 128. The smallest absolute Gasteiger partial charge is 0.302 e. The van der Waals surface area contributed by atoms with Crippen LogP contribution in [0.4, 0.5) is 0 Å². The molecule has 0 radical (unpaired) electrons. The van der Waals surface area contributed by atoms with Gasteiger partial charge >= 0.3 is 11.9 Å². The molecule has 0 aromatic carbocycles. The van der Waals surface area contributed by atoms with E-state index in [0.29, 0.717) is 0 Å². The van der Waals surface area contributed by atoms with Crippen LogP contribution in [0.1, 0.15) is 85.6 Å². The van der Waals surface area contributed by atoms with Crippen molar-refractivity contribution in [2.24, 2.45) is 29.2 Å². The molecule has 0 saturated heterocycles. The van der Waals surface area contributed by atoms with Gasteiger partial charge in [0.05, 0.1) is 14.2 Å². The highest BCUT2D eigenvalue weighted by atomic mass is 16.5. The Hall–Kier alpha value is -3.01. The van der Waals surface area contributed by atoms with Crippen molar-refractivity contribution in [3.05, 3.63) is 0 Å². The number of aliphatic hydroxyl groups excluding tert-OH is 2. The Balaban J connectivity index is -0.0000000158. The van der Waals surface area contributed by atoms with E-state index in [-0.39, 0.29) is 66.8 Å². The van der Waals surface area contributed by atoms with Crippen molar-refractivity contribution < 1.29 is 43.7 Å². The molecule has 0 heterocycles. The molecule has 0 aliphatic carbocycles. The summed E-state index contributed by atoms with van der Waals surface area (Å²) < 4.78 is 8.22. The van der Waals surface area contributed by atoms with Gasteiger partial charge in [-0.15, -0.1) is 0 Å². The Morgan fingerprint density at radius 3 is 0.791 bits per heavy atom. The number of nitrogens with zero attached hydrogens (tertiary/aromatic N) is 1. The summed E-state index contributed by atoms with van der Waals surface area (Å²) in [5.74, 6) is 21.2. The molecule has 278 valence electrons. The minimum Gasteiger partial charge on any atom is -0.469 e. The molecule has 19 nitrogen and oxygen atoms in total. The van der Waals surface area contributed by atoms with Crippen molar-refractivity contribution in [2.45, 2.75) is 85.6 Å². The lowest BCUT2D eigenvalue weighted by Gasteiger charge is -2.02. The van der Waals surface area contributed by atoms with Crippen molar-refractivity contribution in [3.8, 4) is 0 Å². The van der Waals surface area contributed by atoms with Crippen LogP contribution in [0.15, 0.2) is 0 Å². The molecule has 43 heavy (non-hydrogen) atoms. The lowest BCUT2D eigenvalue weighted by Crippen LogP contribution is -2.31. The molecule has 0 bridgehead atoms. The molecular formula is C24H78N10O9. The largest absolute Gasteiger partial charge is 0.469 e. The molecule has 0 fully saturated rings. The van der Waals surface area contributed by atoms with E-state index >= 15 is 0 Å². The van der Waals surface area contributed by atoms with E-state index in [4.69, 9.17) is 16.1 Å². The Kier molecular flexibility index (Phi) is 289. The van der Waals surface area contributed by atoms with Gasteiger partial charge in [0.15, 0.2) is 0 Å². The van der Waals surface area contributed by atoms with Crippen molar-refractivity contribution in [3.63, 3.8) is 0 Å². The number of hydrogen-bond donors (Lipinski definition) is 11. The number of hydrogen-bond acceptors (Lipinski definition) is 16. The molecule has 0 atom stereocenters. The van der Waals surface area contributed by atoms with Crippen molar-refractivity contribution >= 4 is 29.7 Å². The quantitative estimate of drug-likeness (QED) is 0.0721. The third-order valence-corrected chi connectivity index (χ3v) is 1.58. The molecule has 0 aromatic heterocycles. The van der Waals surface area contributed by atoms with Gasteiger partial charge in [-0.1, -0.05) is 51.0 Å². The maximum Gasteiger partial charge on any atom is 0.302 e. The minimum absolute atomic E-state index is 0. The molecule has 3 amide bonds. The Morgan fingerprint density at radius 2 is 0.791 bits per heavy atom. The minimum atomic E-state index is -0.245. The number of rotatable bonds is 1. The van der Waals surface area contributed by atoms with Crippen LogP contribution in [0.5, 0.6) is 0 Å². The summed E-state index contributed by atoms with van der Waals surface area (Å²) in [5.41, 5.74) is 8.93. The summed E-state index contributed by atoms with van der Waals surface area (Å²) in [5, 5.41) is 15.0. The highest BCUT2D eigenvalue weighted by Gasteiger charge is 1.88. The zero-order valence-corrected chi connectivity index (χ0v) is 25.6. The maximum absolute atomic E-state index is 9.94. The number of amides is 3.